The minimum atomic E-state index is -2.16. The summed E-state index contributed by atoms with van der Waals surface area (Å²) in [4.78, 5) is 46.3. The number of carbonyl (C=O) groups excluding carboxylic acids is 4. The van der Waals surface area contributed by atoms with Crippen LogP contribution in [0.5, 0.6) is 0 Å². The topological polar surface area (TPSA) is 105 Å². The Morgan fingerprint density at radius 2 is 0.543 bits per heavy atom. The van der Waals surface area contributed by atoms with Crippen molar-refractivity contribution in [3.63, 3.8) is 0 Å². The zero-order valence-electron chi connectivity index (χ0n) is 23.8. The molecule has 0 amide bonds. The van der Waals surface area contributed by atoms with Gasteiger partial charge in [-0.15, -0.1) is 0 Å². The van der Waals surface area contributed by atoms with Gasteiger partial charge in [-0.3, -0.25) is 0 Å². The molecule has 0 saturated heterocycles. The zero-order valence-corrected chi connectivity index (χ0v) is 29.6. The molecular weight excluding hydrogens is 826 g/mol. The maximum atomic E-state index is 12.7. The van der Waals surface area contributed by atoms with Gasteiger partial charge in [0.1, 0.15) is 0 Å². The summed E-state index contributed by atoms with van der Waals surface area (Å²) in [7, 11) is 0. The Hall–Kier alpha value is -3.92. The third kappa shape index (κ3) is 14.9. The molecular formula is C32H24F4O8Sn2. The van der Waals surface area contributed by atoms with Gasteiger partial charge in [0.25, 0.3) is 0 Å². The van der Waals surface area contributed by atoms with Gasteiger partial charge >= 0.3 is 283 Å². The monoisotopic (exact) mass is 852 g/mol. The molecule has 0 spiro atoms. The molecule has 0 aromatic heterocycles. The van der Waals surface area contributed by atoms with Crippen LogP contribution in [0.4, 0.5) is 36.7 Å². The molecule has 0 N–H and O–H groups in total. The first-order valence-electron chi connectivity index (χ1n) is 13.2. The second-order valence-corrected chi connectivity index (χ2v) is 15.1. The molecule has 46 heavy (non-hydrogen) atoms. The fourth-order valence-corrected chi connectivity index (χ4v) is 5.83. The zero-order chi connectivity index (χ0) is 33.3. The molecule has 0 fully saturated rings. The molecule has 0 unspecified atom stereocenters. The van der Waals surface area contributed by atoms with E-state index >= 15 is 0 Å². The average Bonchev–Trinajstić information content (AvgIpc) is 3.04. The predicted octanol–water partition coefficient (Wildman–Crippen LogP) is 7.28. The van der Waals surface area contributed by atoms with Gasteiger partial charge in [0.2, 0.25) is 0 Å². The molecule has 0 atom stereocenters. The van der Waals surface area contributed by atoms with E-state index in [4.69, 9.17) is 18.9 Å². The van der Waals surface area contributed by atoms with Gasteiger partial charge in [0.15, 0.2) is 0 Å². The van der Waals surface area contributed by atoms with Gasteiger partial charge in [0, 0.05) is 0 Å². The van der Waals surface area contributed by atoms with Crippen molar-refractivity contribution in [1.82, 2.24) is 0 Å². The first-order valence-corrected chi connectivity index (χ1v) is 19.0. The van der Waals surface area contributed by atoms with Crippen molar-refractivity contribution in [2.75, 3.05) is 0 Å². The number of ether oxygens (including phenoxy) is 4. The molecule has 0 aliphatic rings. The Balaban J connectivity index is 0.000000250. The normalized spacial score (nSPS) is 10.2. The summed E-state index contributed by atoms with van der Waals surface area (Å²) in [5.41, 5.74) is 2.55. The summed E-state index contributed by atoms with van der Waals surface area (Å²) in [6, 6.07) is 22.1. The van der Waals surface area contributed by atoms with E-state index in [1.54, 1.807) is 0 Å². The van der Waals surface area contributed by atoms with Crippen molar-refractivity contribution in [1.29, 1.82) is 0 Å². The Bertz CT molecular complexity index is 1340. The Morgan fingerprint density at radius 1 is 0.370 bits per heavy atom. The van der Waals surface area contributed by atoms with E-state index in [-0.39, 0.29) is 49.7 Å². The maximum absolute atomic E-state index is 12.7. The second-order valence-electron chi connectivity index (χ2n) is 9.06. The van der Waals surface area contributed by atoms with Gasteiger partial charge in [-0.1, -0.05) is 0 Å². The summed E-state index contributed by atoms with van der Waals surface area (Å²) >= 11 is -4.31. The Morgan fingerprint density at radius 3 is 0.717 bits per heavy atom. The Kier molecular flexibility index (Phi) is 15.5. The molecule has 0 aliphatic heterocycles. The molecule has 236 valence electrons. The van der Waals surface area contributed by atoms with Crippen LogP contribution in [0.15, 0.2) is 97.1 Å². The third-order valence-electron chi connectivity index (χ3n) is 5.54. The van der Waals surface area contributed by atoms with Crippen molar-refractivity contribution in [3.8, 4) is 0 Å². The van der Waals surface area contributed by atoms with Crippen LogP contribution in [0.25, 0.3) is 0 Å². The van der Waals surface area contributed by atoms with Crippen LogP contribution in [0.2, 0.25) is 0 Å². The van der Waals surface area contributed by atoms with E-state index in [9.17, 15) is 36.7 Å². The van der Waals surface area contributed by atoms with Crippen LogP contribution >= 0.6 is 0 Å². The summed E-state index contributed by atoms with van der Waals surface area (Å²) in [5, 5.41) is 0. The molecule has 4 rings (SSSR count). The third-order valence-corrected chi connectivity index (χ3v) is 9.52. The number of hydrogen-bond donors (Lipinski definition) is 0. The van der Waals surface area contributed by atoms with Gasteiger partial charge in [-0.05, 0) is 0 Å². The summed E-state index contributed by atoms with van der Waals surface area (Å²) < 4.78 is 68.5. The molecule has 0 saturated carbocycles. The molecule has 0 aliphatic carbocycles. The van der Waals surface area contributed by atoms with E-state index in [1.807, 2.05) is 0 Å². The SMILES string of the molecule is O=[C](OCc1ccc(F)cc1)[Sn][C](=O)OCc1ccc(F)cc1.O=[C](OCc1ccc(F)cc1)[Sn][C](=O)OCc1ccc(F)cc1. The van der Waals surface area contributed by atoms with Crippen LogP contribution in [0, 0.1) is 23.3 Å². The second kappa shape index (κ2) is 19.6. The number of benzene rings is 4. The molecule has 8 nitrogen and oxygen atoms in total. The number of hydrogen-bond acceptors (Lipinski definition) is 8. The van der Waals surface area contributed by atoms with Crippen LogP contribution < -0.4 is 0 Å². The summed E-state index contributed by atoms with van der Waals surface area (Å²) in [6.07, 6.45) is 0. The number of halogens is 4. The molecule has 0 heterocycles. The summed E-state index contributed by atoms with van der Waals surface area (Å²) in [6.45, 7) is -0.0349. The Labute approximate surface area is 281 Å². The van der Waals surface area contributed by atoms with Crippen molar-refractivity contribution in [3.05, 3.63) is 143 Å². The van der Waals surface area contributed by atoms with Gasteiger partial charge in [0.05, 0.1) is 0 Å². The molecule has 4 aromatic rings. The average molecular weight is 850 g/mol. The van der Waals surface area contributed by atoms with Crippen LogP contribution in [0.1, 0.15) is 22.3 Å². The molecule has 4 radical (unpaired) electrons. The van der Waals surface area contributed by atoms with Crippen molar-refractivity contribution in [2.45, 2.75) is 26.4 Å². The fourth-order valence-electron chi connectivity index (χ4n) is 3.23. The van der Waals surface area contributed by atoms with E-state index in [2.05, 4.69) is 0 Å². The molecule has 0 bridgehead atoms. The van der Waals surface area contributed by atoms with Gasteiger partial charge < -0.3 is 0 Å². The standard InChI is InChI=1S/4C8H6FO2.2Sn/c4*9-8-3-1-7(2-4-8)5-11-6-10;;/h4*1-4H,5H2;;. The van der Waals surface area contributed by atoms with Gasteiger partial charge in [-0.2, -0.15) is 0 Å². The predicted molar refractivity (Wildman–Crippen MR) is 158 cm³/mol. The first-order chi connectivity index (χ1) is 22.0. The van der Waals surface area contributed by atoms with E-state index in [0.29, 0.717) is 22.3 Å². The fraction of sp³-hybridized carbons (Fsp3) is 0.125. The number of carbonyl (C=O) groups is 4. The quantitative estimate of drug-likeness (QED) is 0.0833. The molecule has 14 heteroatoms. The van der Waals surface area contributed by atoms with E-state index in [1.165, 1.54) is 97.1 Å². The van der Waals surface area contributed by atoms with Gasteiger partial charge in [-0.25, -0.2) is 0 Å². The van der Waals surface area contributed by atoms with Crippen molar-refractivity contribution >= 4 is 58.2 Å². The van der Waals surface area contributed by atoms with Crippen LogP contribution in [-0.2, 0) is 45.4 Å². The first kappa shape index (κ1) is 36.5. The summed E-state index contributed by atoms with van der Waals surface area (Å²) in [5.74, 6) is -1.50. The van der Waals surface area contributed by atoms with E-state index < -0.39 is 58.2 Å². The van der Waals surface area contributed by atoms with Crippen molar-refractivity contribution in [2.24, 2.45) is 0 Å². The molecule has 4 aromatic carbocycles. The van der Waals surface area contributed by atoms with E-state index in [0.717, 1.165) is 0 Å². The van der Waals surface area contributed by atoms with Crippen molar-refractivity contribution < 1.29 is 55.7 Å². The number of rotatable bonds is 12. The van der Waals surface area contributed by atoms with Crippen LogP contribution in [-0.4, -0.2) is 58.2 Å². The minimum absolute atomic E-state index is 0.00873. The van der Waals surface area contributed by atoms with Crippen LogP contribution in [0.3, 0.4) is 0 Å².